The zero-order chi connectivity index (χ0) is 23.1. The zero-order valence-corrected chi connectivity index (χ0v) is 19.0. The molecule has 0 fully saturated rings. The van der Waals surface area contributed by atoms with Gasteiger partial charge in [0.15, 0.2) is 6.29 Å². The number of pyridine rings is 2. The molecule has 0 N–H and O–H groups in total. The van der Waals surface area contributed by atoms with Gasteiger partial charge in [0.25, 0.3) is 5.91 Å². The van der Waals surface area contributed by atoms with Crippen LogP contribution in [0.25, 0.3) is 32.5 Å². The van der Waals surface area contributed by atoms with E-state index in [1.165, 1.54) is 11.3 Å². The lowest BCUT2D eigenvalue weighted by atomic mass is 10.0. The summed E-state index contributed by atoms with van der Waals surface area (Å²) in [6, 6.07) is 23.6. The number of thiophene rings is 1. The first-order valence-corrected chi connectivity index (χ1v) is 11.8. The van der Waals surface area contributed by atoms with Crippen molar-refractivity contribution in [3.63, 3.8) is 0 Å². The van der Waals surface area contributed by atoms with Gasteiger partial charge in [0, 0.05) is 34.8 Å². The van der Waals surface area contributed by atoms with Gasteiger partial charge in [-0.3, -0.25) is 14.6 Å². The van der Waals surface area contributed by atoms with E-state index in [4.69, 9.17) is 4.98 Å². The largest absolute Gasteiger partial charge is 0.306 e. The second kappa shape index (κ2) is 8.32. The molecule has 6 heteroatoms. The van der Waals surface area contributed by atoms with Crippen molar-refractivity contribution in [1.29, 1.82) is 0 Å². The van der Waals surface area contributed by atoms with Gasteiger partial charge in [-0.05, 0) is 59.5 Å². The monoisotopic (exact) mass is 461 g/mol. The number of carbonyl (C=O) groups is 2. The Balaban J connectivity index is 1.40. The maximum atomic E-state index is 13.7. The molecule has 0 bridgehead atoms. The predicted octanol–water partition coefficient (Wildman–Crippen LogP) is 6.04. The third kappa shape index (κ3) is 3.49. The second-order valence-corrected chi connectivity index (χ2v) is 9.27. The lowest BCUT2D eigenvalue weighted by Crippen LogP contribution is -2.33. The first-order chi connectivity index (χ1) is 16.7. The molecule has 5 nitrogen and oxygen atoms in total. The maximum Gasteiger partial charge on any atom is 0.276 e. The topological polar surface area (TPSA) is 63.2 Å². The molecular weight excluding hydrogens is 442 g/mol. The Bertz CT molecular complexity index is 1560. The number of carbonyl (C=O) groups excluding carboxylic acids is 2. The van der Waals surface area contributed by atoms with E-state index in [2.05, 4.69) is 11.1 Å². The Morgan fingerprint density at radius 3 is 2.62 bits per heavy atom. The van der Waals surface area contributed by atoms with Crippen LogP contribution in [-0.4, -0.2) is 28.7 Å². The molecule has 1 aliphatic rings. The normalized spacial score (nSPS) is 12.6. The molecule has 164 valence electrons. The molecule has 0 atom stereocenters. The minimum absolute atomic E-state index is 0.130. The highest BCUT2D eigenvalue weighted by atomic mass is 32.1. The fraction of sp³-hybridized carbons (Fsp3) is 0.0714. The van der Waals surface area contributed by atoms with Gasteiger partial charge in [-0.2, -0.15) is 0 Å². The number of amides is 1. The summed E-state index contributed by atoms with van der Waals surface area (Å²) in [4.78, 5) is 37.5. The summed E-state index contributed by atoms with van der Waals surface area (Å²) in [5.74, 6) is -0.130. The Labute approximate surface area is 200 Å². The van der Waals surface area contributed by atoms with E-state index in [1.807, 2.05) is 65.6 Å². The first-order valence-electron chi connectivity index (χ1n) is 11.0. The molecule has 1 aliphatic heterocycles. The lowest BCUT2D eigenvalue weighted by molar-refractivity contribution is 0.0982. The summed E-state index contributed by atoms with van der Waals surface area (Å²) < 4.78 is 0. The molecule has 0 saturated heterocycles. The van der Waals surface area contributed by atoms with Crippen LogP contribution in [0.2, 0.25) is 0 Å². The minimum Gasteiger partial charge on any atom is -0.306 e. The Kier molecular flexibility index (Phi) is 5.00. The number of hydrogen-bond donors (Lipinski definition) is 0. The van der Waals surface area contributed by atoms with Crippen molar-refractivity contribution in [2.75, 3.05) is 11.4 Å². The summed E-state index contributed by atoms with van der Waals surface area (Å²) in [5, 5.41) is 0.981. The van der Waals surface area contributed by atoms with Crippen molar-refractivity contribution in [3.8, 4) is 21.6 Å². The summed E-state index contributed by atoms with van der Waals surface area (Å²) in [6.45, 7) is 0.522. The quantitative estimate of drug-likeness (QED) is 0.307. The SMILES string of the molecule is O=Cc1cc2c(s1)-c1ccccc1N(C(=O)c1ccc3ccc(-c4ccncc4)cc3n1)CC2. The van der Waals surface area contributed by atoms with E-state index >= 15 is 0 Å². The van der Waals surface area contributed by atoms with Crippen molar-refractivity contribution < 1.29 is 9.59 Å². The van der Waals surface area contributed by atoms with Crippen molar-refractivity contribution in [1.82, 2.24) is 9.97 Å². The highest BCUT2D eigenvalue weighted by molar-refractivity contribution is 7.17. The molecule has 6 rings (SSSR count). The van der Waals surface area contributed by atoms with Gasteiger partial charge in [-0.1, -0.05) is 36.4 Å². The van der Waals surface area contributed by atoms with Crippen LogP contribution >= 0.6 is 11.3 Å². The minimum atomic E-state index is -0.130. The standard InChI is InChI=1S/C28H19N3O2S/c32-17-22-15-21-11-14-31(26-4-2-1-3-23(26)27(21)34-22)28(33)24-8-7-19-5-6-20(16-25(19)30-24)18-9-12-29-13-10-18/h1-10,12-13,15-17H,11,14H2. The van der Waals surface area contributed by atoms with Gasteiger partial charge < -0.3 is 4.90 Å². The molecule has 0 saturated carbocycles. The molecule has 34 heavy (non-hydrogen) atoms. The molecule has 1 amide bonds. The van der Waals surface area contributed by atoms with Crippen molar-refractivity contribution in [2.24, 2.45) is 0 Å². The van der Waals surface area contributed by atoms with Crippen LogP contribution in [-0.2, 0) is 6.42 Å². The molecule has 0 unspecified atom stereocenters. The fourth-order valence-electron chi connectivity index (χ4n) is 4.49. The Hall–Kier alpha value is -4.16. The number of para-hydroxylation sites is 1. The highest BCUT2D eigenvalue weighted by Crippen LogP contribution is 2.41. The molecule has 0 spiro atoms. The van der Waals surface area contributed by atoms with E-state index < -0.39 is 0 Å². The van der Waals surface area contributed by atoms with Gasteiger partial charge in [0.1, 0.15) is 5.69 Å². The van der Waals surface area contributed by atoms with Crippen molar-refractivity contribution in [3.05, 3.63) is 101 Å². The van der Waals surface area contributed by atoms with Gasteiger partial charge in [-0.25, -0.2) is 4.98 Å². The number of aldehydes is 1. The van der Waals surface area contributed by atoms with E-state index in [0.29, 0.717) is 23.5 Å². The predicted molar refractivity (Wildman–Crippen MR) is 135 cm³/mol. The third-order valence-electron chi connectivity index (χ3n) is 6.16. The van der Waals surface area contributed by atoms with Crippen LogP contribution in [0.15, 0.2) is 85.2 Å². The molecule has 4 heterocycles. The molecule has 0 radical (unpaired) electrons. The van der Waals surface area contributed by atoms with Gasteiger partial charge >= 0.3 is 0 Å². The van der Waals surface area contributed by atoms with E-state index in [9.17, 15) is 9.59 Å². The lowest BCUT2D eigenvalue weighted by Gasteiger charge is -2.22. The van der Waals surface area contributed by atoms with Crippen LogP contribution in [0.4, 0.5) is 5.69 Å². The van der Waals surface area contributed by atoms with Crippen LogP contribution in [0.3, 0.4) is 0 Å². The van der Waals surface area contributed by atoms with Gasteiger partial charge in [0.05, 0.1) is 16.1 Å². The average Bonchev–Trinajstić information content (AvgIpc) is 3.25. The molecule has 2 aromatic carbocycles. The van der Waals surface area contributed by atoms with E-state index in [0.717, 1.165) is 50.0 Å². The van der Waals surface area contributed by atoms with E-state index in [1.54, 1.807) is 18.5 Å². The third-order valence-corrected chi connectivity index (χ3v) is 7.29. The molecule has 3 aromatic heterocycles. The number of nitrogens with zero attached hydrogens (tertiary/aromatic N) is 3. The molecular formula is C28H19N3O2S. The number of anilines is 1. The Morgan fingerprint density at radius 2 is 1.76 bits per heavy atom. The average molecular weight is 462 g/mol. The number of aromatic nitrogens is 2. The first kappa shape index (κ1) is 20.4. The van der Waals surface area contributed by atoms with Gasteiger partial charge in [0.2, 0.25) is 0 Å². The molecule has 0 aliphatic carbocycles. The summed E-state index contributed by atoms with van der Waals surface area (Å²) in [6.07, 6.45) is 5.10. The van der Waals surface area contributed by atoms with E-state index in [-0.39, 0.29) is 5.91 Å². The highest BCUT2D eigenvalue weighted by Gasteiger charge is 2.27. The molecule has 5 aromatic rings. The number of hydrogen-bond acceptors (Lipinski definition) is 5. The number of rotatable bonds is 3. The van der Waals surface area contributed by atoms with Crippen molar-refractivity contribution in [2.45, 2.75) is 6.42 Å². The zero-order valence-electron chi connectivity index (χ0n) is 18.1. The number of fused-ring (bicyclic) bond motifs is 4. The Morgan fingerprint density at radius 1 is 0.941 bits per heavy atom. The van der Waals surface area contributed by atoms with Crippen molar-refractivity contribution >= 4 is 40.1 Å². The van der Waals surface area contributed by atoms with Crippen LogP contribution < -0.4 is 4.90 Å². The van der Waals surface area contributed by atoms with Crippen LogP contribution in [0, 0.1) is 0 Å². The number of benzene rings is 2. The summed E-state index contributed by atoms with van der Waals surface area (Å²) >= 11 is 1.48. The smallest absolute Gasteiger partial charge is 0.276 e. The summed E-state index contributed by atoms with van der Waals surface area (Å²) in [7, 11) is 0. The van der Waals surface area contributed by atoms with Gasteiger partial charge in [-0.15, -0.1) is 11.3 Å². The summed E-state index contributed by atoms with van der Waals surface area (Å²) in [5.41, 5.74) is 6.19. The fourth-order valence-corrected chi connectivity index (χ4v) is 5.54. The van der Waals surface area contributed by atoms with Crippen LogP contribution in [0.1, 0.15) is 25.7 Å². The second-order valence-electron chi connectivity index (χ2n) is 8.18. The maximum absolute atomic E-state index is 13.7. The van der Waals surface area contributed by atoms with Crippen LogP contribution in [0.5, 0.6) is 0 Å².